The lowest BCUT2D eigenvalue weighted by molar-refractivity contribution is -0.126. The van der Waals surface area contributed by atoms with E-state index in [2.05, 4.69) is 6.58 Å². The molecule has 0 aromatic heterocycles. The molecule has 0 fully saturated rings. The quantitative estimate of drug-likeness (QED) is 0.577. The molecule has 0 aromatic carbocycles. The number of rotatable bonds is 5. The summed E-state index contributed by atoms with van der Waals surface area (Å²) in [6, 6.07) is -0.173. The molecule has 15 heavy (non-hydrogen) atoms. The molecule has 0 aliphatic heterocycles. The van der Waals surface area contributed by atoms with Gasteiger partial charge in [0.05, 0.1) is 6.61 Å². The summed E-state index contributed by atoms with van der Waals surface area (Å²) in [5.74, 6) is -0.283. The van der Waals surface area contributed by atoms with E-state index in [0.717, 1.165) is 0 Å². The summed E-state index contributed by atoms with van der Waals surface area (Å²) in [6.07, 6.45) is 1.48. The van der Waals surface area contributed by atoms with Crippen molar-refractivity contribution in [2.45, 2.75) is 26.8 Å². The van der Waals surface area contributed by atoms with Crippen LogP contribution in [0.2, 0.25) is 0 Å². The fraction of sp³-hybridized carbons (Fsp3) is 0.625. The molecule has 0 heterocycles. The highest BCUT2D eigenvalue weighted by Gasteiger charge is 2.29. The van der Waals surface area contributed by atoms with Gasteiger partial charge in [0.1, 0.15) is 0 Å². The highest BCUT2D eigenvalue weighted by atomic mass is 32.5. The molecule has 0 aliphatic carbocycles. The standard InChI is InChI=1S/C8H16NO3PS.H3N/c1-5-6-12-13(11,14)9(7(2)3)8(4)10;/h5,7H,1,6H2,2-4H3,(H,11,14);1H3/t13-;/m0./s1. The lowest BCUT2D eigenvalue weighted by Crippen LogP contribution is -2.32. The maximum atomic E-state index is 11.2. The van der Waals surface area contributed by atoms with Crippen LogP contribution < -0.4 is 6.15 Å². The lowest BCUT2D eigenvalue weighted by atomic mass is 10.4. The average molecular weight is 254 g/mol. The number of nitrogens with zero attached hydrogens (tertiary/aromatic N) is 1. The van der Waals surface area contributed by atoms with Gasteiger partial charge in [-0.1, -0.05) is 6.08 Å². The minimum absolute atomic E-state index is 0. The Labute approximate surface area is 95.9 Å². The molecule has 0 saturated carbocycles. The monoisotopic (exact) mass is 254 g/mol. The molecular weight excluding hydrogens is 235 g/mol. The summed E-state index contributed by atoms with van der Waals surface area (Å²) in [5, 5.41) is 0. The predicted molar refractivity (Wildman–Crippen MR) is 65.3 cm³/mol. The Morgan fingerprint density at radius 1 is 1.73 bits per heavy atom. The topological polar surface area (TPSA) is 84.8 Å². The normalized spacial score (nSPS) is 13.9. The van der Waals surface area contributed by atoms with Gasteiger partial charge in [-0.25, -0.2) is 0 Å². The van der Waals surface area contributed by atoms with Crippen LogP contribution >= 0.6 is 6.64 Å². The maximum Gasteiger partial charge on any atom is 0.290 e. The number of carbonyl (C=O) groups is 1. The Balaban J connectivity index is 0. The van der Waals surface area contributed by atoms with Crippen molar-refractivity contribution in [3.63, 3.8) is 0 Å². The minimum atomic E-state index is -3.19. The number of amides is 1. The summed E-state index contributed by atoms with van der Waals surface area (Å²) in [7, 11) is 0. The van der Waals surface area contributed by atoms with Crippen molar-refractivity contribution < 1.29 is 14.2 Å². The highest BCUT2D eigenvalue weighted by Crippen LogP contribution is 2.48. The van der Waals surface area contributed by atoms with Crippen LogP contribution in [-0.4, -0.2) is 28.1 Å². The number of hydrogen-bond donors (Lipinski definition) is 2. The summed E-state index contributed by atoms with van der Waals surface area (Å²) in [4.78, 5) is 21.0. The Kier molecular flexibility index (Phi) is 8.10. The zero-order valence-corrected chi connectivity index (χ0v) is 11.1. The third-order valence-corrected chi connectivity index (χ3v) is 4.06. The van der Waals surface area contributed by atoms with Gasteiger partial charge in [-0.05, 0) is 25.7 Å². The Morgan fingerprint density at radius 2 is 2.20 bits per heavy atom. The second-order valence-corrected chi connectivity index (χ2v) is 6.13. The first-order valence-electron chi connectivity index (χ1n) is 4.21. The molecular formula is C8H19N2O3PS. The minimum Gasteiger partial charge on any atom is -0.344 e. The molecule has 5 nitrogen and oxygen atoms in total. The Bertz CT molecular complexity index is 271. The molecule has 0 radical (unpaired) electrons. The van der Waals surface area contributed by atoms with Crippen LogP contribution in [-0.2, 0) is 21.1 Å². The smallest absolute Gasteiger partial charge is 0.290 e. The SMILES string of the molecule is C=CCO[P@](O)(=S)N(C(C)=O)C(C)C.N. The van der Waals surface area contributed by atoms with Gasteiger partial charge in [-0.2, -0.15) is 0 Å². The summed E-state index contributed by atoms with van der Waals surface area (Å²) >= 11 is 4.88. The van der Waals surface area contributed by atoms with E-state index >= 15 is 0 Å². The number of hydrogen-bond acceptors (Lipinski definition) is 4. The van der Waals surface area contributed by atoms with E-state index < -0.39 is 6.64 Å². The van der Waals surface area contributed by atoms with Gasteiger partial charge < -0.3 is 15.6 Å². The van der Waals surface area contributed by atoms with Crippen LogP contribution in [0.4, 0.5) is 0 Å². The van der Waals surface area contributed by atoms with Gasteiger partial charge >= 0.3 is 0 Å². The molecule has 0 spiro atoms. The van der Waals surface area contributed by atoms with Crippen LogP contribution in [0.25, 0.3) is 0 Å². The van der Waals surface area contributed by atoms with Crippen molar-refractivity contribution in [3.05, 3.63) is 12.7 Å². The highest BCUT2D eigenvalue weighted by molar-refractivity contribution is 8.08. The predicted octanol–water partition coefficient (Wildman–Crippen LogP) is 1.82. The van der Waals surface area contributed by atoms with E-state index in [0.29, 0.717) is 0 Å². The first kappa shape index (κ1) is 17.1. The molecule has 1 amide bonds. The Hall–Kier alpha value is -0.260. The molecule has 0 unspecified atom stereocenters. The first-order valence-corrected chi connectivity index (χ1v) is 6.84. The average Bonchev–Trinajstić information content (AvgIpc) is 1.98. The zero-order valence-electron chi connectivity index (χ0n) is 9.34. The second kappa shape index (κ2) is 7.09. The van der Waals surface area contributed by atoms with Gasteiger partial charge in [-0.3, -0.25) is 9.46 Å². The number of carbonyl (C=O) groups excluding carboxylic acids is 1. The lowest BCUT2D eigenvalue weighted by Gasteiger charge is -2.31. The van der Waals surface area contributed by atoms with Crippen molar-refractivity contribution in [1.29, 1.82) is 0 Å². The van der Waals surface area contributed by atoms with E-state index in [-0.39, 0.29) is 24.7 Å². The molecule has 90 valence electrons. The first-order chi connectivity index (χ1) is 6.33. The van der Waals surface area contributed by atoms with Crippen molar-refractivity contribution >= 4 is 24.4 Å². The van der Waals surface area contributed by atoms with Gasteiger partial charge in [0.15, 0.2) is 0 Å². The molecule has 1 atom stereocenters. The molecule has 0 rings (SSSR count). The molecule has 7 heteroatoms. The van der Waals surface area contributed by atoms with Crippen LogP contribution in [0.15, 0.2) is 12.7 Å². The van der Waals surface area contributed by atoms with Gasteiger partial charge in [0.25, 0.3) is 6.64 Å². The van der Waals surface area contributed by atoms with Crippen molar-refractivity contribution in [1.82, 2.24) is 10.8 Å². The third-order valence-electron chi connectivity index (χ3n) is 1.44. The molecule has 0 bridgehead atoms. The third kappa shape index (κ3) is 5.39. The van der Waals surface area contributed by atoms with E-state index in [9.17, 15) is 9.69 Å². The van der Waals surface area contributed by atoms with Crippen molar-refractivity contribution in [3.8, 4) is 0 Å². The Morgan fingerprint density at radius 3 is 2.47 bits per heavy atom. The van der Waals surface area contributed by atoms with E-state index in [1.807, 2.05) is 0 Å². The van der Waals surface area contributed by atoms with Crippen molar-refractivity contribution in [2.24, 2.45) is 0 Å². The van der Waals surface area contributed by atoms with E-state index in [1.165, 1.54) is 17.7 Å². The van der Waals surface area contributed by atoms with E-state index in [1.54, 1.807) is 13.8 Å². The van der Waals surface area contributed by atoms with E-state index in [4.69, 9.17) is 16.3 Å². The zero-order chi connectivity index (χ0) is 11.4. The molecule has 0 aromatic rings. The van der Waals surface area contributed by atoms with Crippen LogP contribution in [0.3, 0.4) is 0 Å². The fourth-order valence-electron chi connectivity index (χ4n) is 1.05. The van der Waals surface area contributed by atoms with Crippen LogP contribution in [0.1, 0.15) is 20.8 Å². The second-order valence-electron chi connectivity index (χ2n) is 3.03. The maximum absolute atomic E-state index is 11.2. The van der Waals surface area contributed by atoms with Crippen molar-refractivity contribution in [2.75, 3.05) is 6.61 Å². The van der Waals surface area contributed by atoms with Gasteiger partial charge in [-0.15, -0.1) is 6.58 Å². The van der Waals surface area contributed by atoms with Crippen LogP contribution in [0.5, 0.6) is 0 Å². The molecule has 0 saturated heterocycles. The fourth-order valence-corrected chi connectivity index (χ4v) is 3.50. The van der Waals surface area contributed by atoms with Crippen LogP contribution in [0, 0.1) is 0 Å². The van der Waals surface area contributed by atoms with Gasteiger partial charge in [0.2, 0.25) is 5.91 Å². The summed E-state index contributed by atoms with van der Waals surface area (Å²) in [5.41, 5.74) is 0. The largest absolute Gasteiger partial charge is 0.344 e. The molecule has 0 aliphatic rings. The molecule has 4 N–H and O–H groups in total. The van der Waals surface area contributed by atoms with Gasteiger partial charge in [0, 0.05) is 13.0 Å². The summed E-state index contributed by atoms with van der Waals surface area (Å²) in [6.45, 7) is 5.31. The summed E-state index contributed by atoms with van der Waals surface area (Å²) < 4.78 is 6.23.